The first-order chi connectivity index (χ1) is 7.22. The molecule has 0 unspecified atom stereocenters. The number of nitrogens with two attached hydrogens (primary N) is 1. The van der Waals surface area contributed by atoms with Crippen molar-refractivity contribution in [1.82, 2.24) is 0 Å². The average molecular weight is 225 g/mol. The second-order valence-corrected chi connectivity index (χ2v) is 4.35. The second kappa shape index (κ2) is 6.48. The van der Waals surface area contributed by atoms with Crippen LogP contribution in [-0.2, 0) is 17.2 Å². The largest absolute Gasteiger partial charge is 0.392 e. The van der Waals surface area contributed by atoms with E-state index >= 15 is 0 Å². The lowest BCUT2D eigenvalue weighted by atomic mass is 10.2. The van der Waals surface area contributed by atoms with Crippen molar-refractivity contribution >= 4 is 17.7 Å². The van der Waals surface area contributed by atoms with E-state index in [1.54, 1.807) is 11.8 Å². The summed E-state index contributed by atoms with van der Waals surface area (Å²) < 4.78 is 0. The number of aliphatic hydroxyl groups is 1. The van der Waals surface area contributed by atoms with E-state index in [0.29, 0.717) is 6.42 Å². The fraction of sp³-hybridized carbons (Fsp3) is 0.364. The summed E-state index contributed by atoms with van der Waals surface area (Å²) in [5.41, 5.74) is 7.14. The first-order valence-corrected chi connectivity index (χ1v) is 5.92. The topological polar surface area (TPSA) is 63.3 Å². The maximum atomic E-state index is 10.5. The third-order valence-electron chi connectivity index (χ3n) is 1.97. The first-order valence-electron chi connectivity index (χ1n) is 4.77. The van der Waals surface area contributed by atoms with Crippen molar-refractivity contribution in [2.24, 2.45) is 5.73 Å². The number of carbonyl (C=O) groups excluding carboxylic acids is 1. The number of hydrogen-bond acceptors (Lipinski definition) is 3. The van der Waals surface area contributed by atoms with E-state index in [4.69, 9.17) is 10.8 Å². The lowest BCUT2D eigenvalue weighted by molar-refractivity contribution is -0.117. The van der Waals surface area contributed by atoms with Gasteiger partial charge in [-0.25, -0.2) is 0 Å². The molecular formula is C11H15NO2S. The van der Waals surface area contributed by atoms with E-state index in [1.165, 1.54) is 5.56 Å². The fourth-order valence-corrected chi connectivity index (χ4v) is 2.02. The standard InChI is InChI=1S/C11H15NO2S/c12-11(14)5-6-15-8-10-3-1-9(7-13)2-4-10/h1-4,13H,5-8H2,(H2,12,14). The van der Waals surface area contributed by atoms with Crippen LogP contribution in [0.15, 0.2) is 24.3 Å². The highest BCUT2D eigenvalue weighted by Crippen LogP contribution is 2.13. The van der Waals surface area contributed by atoms with Crippen LogP contribution in [0.5, 0.6) is 0 Å². The fourth-order valence-electron chi connectivity index (χ4n) is 1.10. The summed E-state index contributed by atoms with van der Waals surface area (Å²) >= 11 is 1.68. The van der Waals surface area contributed by atoms with Gasteiger partial charge >= 0.3 is 0 Å². The Morgan fingerprint density at radius 1 is 1.27 bits per heavy atom. The van der Waals surface area contributed by atoms with Gasteiger partial charge in [-0.1, -0.05) is 24.3 Å². The van der Waals surface area contributed by atoms with Crippen LogP contribution in [0.25, 0.3) is 0 Å². The molecule has 0 atom stereocenters. The number of amides is 1. The SMILES string of the molecule is NC(=O)CCSCc1ccc(CO)cc1. The molecule has 3 N–H and O–H groups in total. The Kier molecular flexibility index (Phi) is 5.21. The lowest BCUT2D eigenvalue weighted by Gasteiger charge is -2.02. The van der Waals surface area contributed by atoms with Gasteiger partial charge in [-0.2, -0.15) is 11.8 Å². The van der Waals surface area contributed by atoms with Crippen LogP contribution < -0.4 is 5.73 Å². The molecule has 0 bridgehead atoms. The van der Waals surface area contributed by atoms with Crippen LogP contribution >= 0.6 is 11.8 Å². The predicted octanol–water partition coefficient (Wildman–Crippen LogP) is 1.29. The second-order valence-electron chi connectivity index (χ2n) is 3.24. The van der Waals surface area contributed by atoms with Gasteiger partial charge in [-0.05, 0) is 11.1 Å². The number of thioether (sulfide) groups is 1. The van der Waals surface area contributed by atoms with Crippen molar-refractivity contribution in [2.75, 3.05) is 5.75 Å². The van der Waals surface area contributed by atoms with E-state index in [-0.39, 0.29) is 12.5 Å². The number of benzene rings is 1. The normalized spacial score (nSPS) is 10.2. The van der Waals surface area contributed by atoms with Crippen LogP contribution in [0, 0.1) is 0 Å². The zero-order chi connectivity index (χ0) is 11.1. The molecule has 0 aliphatic carbocycles. The van der Waals surface area contributed by atoms with E-state index in [0.717, 1.165) is 17.1 Å². The molecule has 0 aromatic heterocycles. The molecule has 1 aromatic rings. The highest BCUT2D eigenvalue weighted by molar-refractivity contribution is 7.98. The molecule has 0 aliphatic heterocycles. The summed E-state index contributed by atoms with van der Waals surface area (Å²) in [7, 11) is 0. The smallest absolute Gasteiger partial charge is 0.218 e. The molecule has 0 saturated heterocycles. The van der Waals surface area contributed by atoms with Crippen LogP contribution in [0.4, 0.5) is 0 Å². The molecule has 1 rings (SSSR count). The molecule has 1 amide bonds. The molecule has 0 aliphatic rings. The van der Waals surface area contributed by atoms with Crippen LogP contribution in [0.2, 0.25) is 0 Å². The van der Waals surface area contributed by atoms with Crippen LogP contribution in [-0.4, -0.2) is 16.8 Å². The highest BCUT2D eigenvalue weighted by atomic mass is 32.2. The Hall–Kier alpha value is -1.00. The Labute approximate surface area is 93.7 Å². The summed E-state index contributed by atoms with van der Waals surface area (Å²) in [4.78, 5) is 10.5. The minimum atomic E-state index is -0.252. The first kappa shape index (κ1) is 12.1. The van der Waals surface area contributed by atoms with E-state index in [2.05, 4.69) is 0 Å². The van der Waals surface area contributed by atoms with Gasteiger partial charge < -0.3 is 10.8 Å². The Morgan fingerprint density at radius 2 is 1.87 bits per heavy atom. The lowest BCUT2D eigenvalue weighted by Crippen LogP contribution is -2.10. The minimum Gasteiger partial charge on any atom is -0.392 e. The number of primary amides is 1. The maximum absolute atomic E-state index is 10.5. The van der Waals surface area contributed by atoms with E-state index in [1.807, 2.05) is 24.3 Å². The Morgan fingerprint density at radius 3 is 2.40 bits per heavy atom. The summed E-state index contributed by atoms with van der Waals surface area (Å²) in [6, 6.07) is 7.79. The van der Waals surface area contributed by atoms with Crippen molar-refractivity contribution in [3.05, 3.63) is 35.4 Å². The van der Waals surface area contributed by atoms with Gasteiger partial charge in [0, 0.05) is 17.9 Å². The zero-order valence-corrected chi connectivity index (χ0v) is 9.30. The summed E-state index contributed by atoms with van der Waals surface area (Å²) in [5, 5.41) is 8.85. The van der Waals surface area contributed by atoms with Gasteiger partial charge in [0.2, 0.25) is 5.91 Å². The van der Waals surface area contributed by atoms with E-state index in [9.17, 15) is 4.79 Å². The minimum absolute atomic E-state index is 0.0785. The molecule has 3 nitrogen and oxygen atoms in total. The molecule has 82 valence electrons. The molecular weight excluding hydrogens is 210 g/mol. The molecule has 0 fully saturated rings. The molecule has 0 heterocycles. The van der Waals surface area contributed by atoms with Crippen LogP contribution in [0.3, 0.4) is 0 Å². The monoisotopic (exact) mass is 225 g/mol. The van der Waals surface area contributed by atoms with Gasteiger partial charge in [-0.3, -0.25) is 4.79 Å². The predicted molar refractivity (Wildman–Crippen MR) is 62.3 cm³/mol. The summed E-state index contributed by atoms with van der Waals surface area (Å²) in [6.07, 6.45) is 0.430. The number of aliphatic hydroxyl groups excluding tert-OH is 1. The van der Waals surface area contributed by atoms with Gasteiger partial charge in [0.05, 0.1) is 6.61 Å². The van der Waals surface area contributed by atoms with Gasteiger partial charge in [0.15, 0.2) is 0 Å². The number of hydrogen-bond donors (Lipinski definition) is 2. The van der Waals surface area contributed by atoms with Crippen molar-refractivity contribution in [3.8, 4) is 0 Å². The molecule has 0 saturated carbocycles. The maximum Gasteiger partial charge on any atom is 0.218 e. The summed E-state index contributed by atoms with van der Waals surface area (Å²) in [5.74, 6) is 1.38. The van der Waals surface area contributed by atoms with Crippen molar-refractivity contribution < 1.29 is 9.90 Å². The molecule has 4 heteroatoms. The Balaban J connectivity index is 2.28. The van der Waals surface area contributed by atoms with E-state index < -0.39 is 0 Å². The average Bonchev–Trinajstić information content (AvgIpc) is 2.25. The molecule has 0 spiro atoms. The van der Waals surface area contributed by atoms with Crippen molar-refractivity contribution in [2.45, 2.75) is 18.8 Å². The van der Waals surface area contributed by atoms with Crippen molar-refractivity contribution in [1.29, 1.82) is 0 Å². The Bertz CT molecular complexity index is 311. The number of carbonyl (C=O) groups is 1. The molecule has 1 aromatic carbocycles. The number of rotatable bonds is 6. The third kappa shape index (κ3) is 4.85. The summed E-state index contributed by atoms with van der Waals surface area (Å²) in [6.45, 7) is 0.0785. The molecule has 15 heavy (non-hydrogen) atoms. The highest BCUT2D eigenvalue weighted by Gasteiger charge is 1.97. The van der Waals surface area contributed by atoms with Gasteiger partial charge in [-0.15, -0.1) is 0 Å². The third-order valence-corrected chi connectivity index (χ3v) is 3.00. The zero-order valence-electron chi connectivity index (χ0n) is 8.48. The molecule has 0 radical (unpaired) electrons. The van der Waals surface area contributed by atoms with Crippen molar-refractivity contribution in [3.63, 3.8) is 0 Å². The van der Waals surface area contributed by atoms with Crippen LogP contribution in [0.1, 0.15) is 17.5 Å². The van der Waals surface area contributed by atoms with Gasteiger partial charge in [0.25, 0.3) is 0 Å². The quantitative estimate of drug-likeness (QED) is 0.717. The van der Waals surface area contributed by atoms with Gasteiger partial charge in [0.1, 0.15) is 0 Å².